The van der Waals surface area contributed by atoms with Gasteiger partial charge in [0.15, 0.2) is 0 Å². The molecule has 0 radical (unpaired) electrons. The van der Waals surface area contributed by atoms with Crippen LogP contribution in [0.3, 0.4) is 0 Å². The summed E-state index contributed by atoms with van der Waals surface area (Å²) in [5.74, 6) is 0. The van der Waals surface area contributed by atoms with Gasteiger partial charge >= 0.3 is 0 Å². The number of ether oxygens (including phenoxy) is 1. The van der Waals surface area contributed by atoms with Crippen molar-refractivity contribution in [3.05, 3.63) is 69.2 Å². The third-order valence-corrected chi connectivity index (χ3v) is 6.28. The van der Waals surface area contributed by atoms with E-state index in [1.54, 1.807) is 0 Å². The monoisotopic (exact) mass is 369 g/mol. The minimum Gasteiger partial charge on any atom is -0.335 e. The molecule has 5 aromatic rings. The predicted molar refractivity (Wildman–Crippen MR) is 108 cm³/mol. The predicted octanol–water partition coefficient (Wildman–Crippen LogP) is 3.77. The van der Waals surface area contributed by atoms with E-state index in [1.807, 2.05) is 48.5 Å². The summed E-state index contributed by atoms with van der Waals surface area (Å²) >= 11 is 0. The van der Waals surface area contributed by atoms with Gasteiger partial charge in [0.2, 0.25) is 0 Å². The Morgan fingerprint density at radius 2 is 1.21 bits per heavy atom. The second-order valence-corrected chi connectivity index (χ2v) is 7.63. The molecule has 5 heterocycles. The van der Waals surface area contributed by atoms with Gasteiger partial charge < -0.3 is 13.9 Å². The summed E-state index contributed by atoms with van der Waals surface area (Å²) in [7, 11) is 0. The van der Waals surface area contributed by atoms with Crippen LogP contribution in [0.25, 0.3) is 43.6 Å². The van der Waals surface area contributed by atoms with E-state index in [-0.39, 0.29) is 23.6 Å². The average Bonchev–Trinajstić information content (AvgIpc) is 3.33. The number of benzene rings is 2. The summed E-state index contributed by atoms with van der Waals surface area (Å²) in [6.45, 7) is 0. The summed E-state index contributed by atoms with van der Waals surface area (Å²) in [4.78, 5) is 28.8. The largest absolute Gasteiger partial charge is 0.335 e. The lowest BCUT2D eigenvalue weighted by atomic mass is 10.2. The highest BCUT2D eigenvalue weighted by molar-refractivity contribution is 6.21. The van der Waals surface area contributed by atoms with Gasteiger partial charge in [-0.3, -0.25) is 14.6 Å². The highest BCUT2D eigenvalue weighted by atomic mass is 16.5. The maximum atomic E-state index is 13.1. The fourth-order valence-electron chi connectivity index (χ4n) is 5.26. The molecule has 3 aromatic heterocycles. The summed E-state index contributed by atoms with van der Waals surface area (Å²) in [5.41, 5.74) is 2.82. The average molecular weight is 369 g/mol. The van der Waals surface area contributed by atoms with Crippen molar-refractivity contribution in [1.82, 2.24) is 14.1 Å². The molecule has 0 aliphatic carbocycles. The summed E-state index contributed by atoms with van der Waals surface area (Å²) in [6, 6.07) is 15.7. The first kappa shape index (κ1) is 14.6. The summed E-state index contributed by atoms with van der Waals surface area (Å²) in [6.07, 6.45) is 1.44. The molecule has 1 N–H and O–H groups in total. The Labute approximate surface area is 157 Å². The Morgan fingerprint density at radius 1 is 0.750 bits per heavy atom. The fraction of sp³-hybridized carbons (Fsp3) is 0.182. The number of para-hydroxylation sites is 2. The van der Waals surface area contributed by atoms with Crippen LogP contribution in [0, 0.1) is 0 Å². The molecule has 2 atom stereocenters. The van der Waals surface area contributed by atoms with Crippen LogP contribution in [0.2, 0.25) is 0 Å². The van der Waals surface area contributed by atoms with Gasteiger partial charge in [0, 0.05) is 10.8 Å². The molecule has 0 amide bonds. The Morgan fingerprint density at radius 3 is 1.71 bits per heavy atom. The number of hydrogen-bond donors (Lipinski definition) is 1. The highest BCUT2D eigenvalue weighted by Crippen LogP contribution is 2.47. The molecular formula is C22H15N3O3. The highest BCUT2D eigenvalue weighted by Gasteiger charge is 2.37. The van der Waals surface area contributed by atoms with E-state index in [0.29, 0.717) is 10.8 Å². The second kappa shape index (κ2) is 4.72. The molecule has 0 unspecified atom stereocenters. The third-order valence-electron chi connectivity index (χ3n) is 6.28. The molecule has 1 fully saturated rings. The zero-order chi connectivity index (χ0) is 18.6. The second-order valence-electron chi connectivity index (χ2n) is 7.63. The van der Waals surface area contributed by atoms with Crippen LogP contribution in [0.15, 0.2) is 58.1 Å². The molecule has 7 rings (SSSR count). The number of H-pyrrole nitrogens is 1. The molecule has 2 aromatic carbocycles. The van der Waals surface area contributed by atoms with E-state index in [0.717, 1.165) is 45.7 Å². The zero-order valence-corrected chi connectivity index (χ0v) is 14.8. The molecule has 1 saturated heterocycles. The number of hydrogen-bond acceptors (Lipinski definition) is 3. The Balaban J connectivity index is 1.98. The van der Waals surface area contributed by atoms with E-state index in [1.165, 1.54) is 0 Å². The smallest absolute Gasteiger partial charge is 0.261 e. The quantitative estimate of drug-likeness (QED) is 0.452. The van der Waals surface area contributed by atoms with Gasteiger partial charge in [-0.15, -0.1) is 0 Å². The standard InChI is InChI=1S/C22H15N3O3/c26-21-17-11-5-1-3-7-13(11)24-15-9-10-16(28-15)25-14-8-4-2-6-12(14)18(22(27)23-21)20(25)19(17)24/h1-8,15-16H,9-10H2,(H,23,26,27)/t15-,16+. The minimum absolute atomic E-state index is 0.147. The topological polar surface area (TPSA) is 69.0 Å². The van der Waals surface area contributed by atoms with E-state index < -0.39 is 0 Å². The van der Waals surface area contributed by atoms with Crippen LogP contribution in [0.1, 0.15) is 25.3 Å². The first-order valence-electron chi connectivity index (χ1n) is 9.51. The molecule has 2 aliphatic heterocycles. The van der Waals surface area contributed by atoms with Crippen molar-refractivity contribution in [3.8, 4) is 0 Å². The molecular weight excluding hydrogens is 354 g/mol. The third kappa shape index (κ3) is 1.51. The normalized spacial score (nSPS) is 20.7. The number of nitrogens with one attached hydrogen (secondary N) is 1. The summed E-state index contributed by atoms with van der Waals surface area (Å²) < 4.78 is 10.7. The van der Waals surface area contributed by atoms with Crippen LogP contribution in [0.5, 0.6) is 0 Å². The van der Waals surface area contributed by atoms with E-state index in [9.17, 15) is 9.59 Å². The lowest BCUT2D eigenvalue weighted by Crippen LogP contribution is -2.13. The lowest BCUT2D eigenvalue weighted by molar-refractivity contribution is -0.0229. The van der Waals surface area contributed by atoms with Gasteiger partial charge in [0.1, 0.15) is 12.5 Å². The molecule has 2 aliphatic rings. The number of aromatic nitrogens is 3. The van der Waals surface area contributed by atoms with Crippen molar-refractivity contribution < 1.29 is 4.74 Å². The van der Waals surface area contributed by atoms with Crippen LogP contribution in [0.4, 0.5) is 0 Å². The first-order valence-corrected chi connectivity index (χ1v) is 9.51. The van der Waals surface area contributed by atoms with Crippen molar-refractivity contribution in [2.75, 3.05) is 0 Å². The lowest BCUT2D eigenvalue weighted by Gasteiger charge is -2.15. The van der Waals surface area contributed by atoms with Gasteiger partial charge in [-0.2, -0.15) is 0 Å². The van der Waals surface area contributed by atoms with Crippen LogP contribution in [-0.2, 0) is 4.74 Å². The van der Waals surface area contributed by atoms with Gasteiger partial charge in [0.25, 0.3) is 11.1 Å². The maximum absolute atomic E-state index is 13.1. The van der Waals surface area contributed by atoms with E-state index >= 15 is 0 Å². The van der Waals surface area contributed by atoms with Crippen molar-refractivity contribution in [2.24, 2.45) is 0 Å². The molecule has 28 heavy (non-hydrogen) atoms. The maximum Gasteiger partial charge on any atom is 0.261 e. The van der Waals surface area contributed by atoms with Crippen molar-refractivity contribution in [1.29, 1.82) is 0 Å². The molecule has 136 valence electrons. The molecule has 0 spiro atoms. The number of aromatic amines is 1. The van der Waals surface area contributed by atoms with Crippen LogP contribution in [-0.4, -0.2) is 14.1 Å². The molecule has 2 bridgehead atoms. The minimum atomic E-state index is -0.348. The Bertz CT molecular complexity index is 1490. The number of nitrogens with zero attached hydrogens (tertiary/aromatic N) is 2. The zero-order valence-electron chi connectivity index (χ0n) is 14.8. The van der Waals surface area contributed by atoms with Crippen molar-refractivity contribution in [2.45, 2.75) is 25.3 Å². The summed E-state index contributed by atoms with van der Waals surface area (Å²) in [5, 5.41) is 2.81. The van der Waals surface area contributed by atoms with Gasteiger partial charge in [-0.05, 0) is 25.0 Å². The molecule has 0 saturated carbocycles. The molecule has 6 nitrogen and oxygen atoms in total. The van der Waals surface area contributed by atoms with Gasteiger partial charge in [-0.1, -0.05) is 36.4 Å². The van der Waals surface area contributed by atoms with Crippen LogP contribution < -0.4 is 11.1 Å². The Kier molecular flexibility index (Phi) is 2.47. The van der Waals surface area contributed by atoms with Crippen molar-refractivity contribution in [3.63, 3.8) is 0 Å². The van der Waals surface area contributed by atoms with Crippen LogP contribution >= 0.6 is 0 Å². The number of fused-ring (bicyclic) bond motifs is 10. The number of rotatable bonds is 0. The fourth-order valence-corrected chi connectivity index (χ4v) is 5.26. The Hall–Kier alpha value is -3.38. The van der Waals surface area contributed by atoms with E-state index in [2.05, 4.69) is 14.1 Å². The SMILES string of the molecule is O=c1[nH]c(=O)c2c3ccccc3n3c2c2c1c1ccccc1n2[C@@H]1CC[C@H]3O1. The molecule has 6 heteroatoms. The van der Waals surface area contributed by atoms with E-state index in [4.69, 9.17) is 4.74 Å². The van der Waals surface area contributed by atoms with Crippen molar-refractivity contribution >= 4 is 43.6 Å². The van der Waals surface area contributed by atoms with Gasteiger partial charge in [-0.25, -0.2) is 0 Å². The first-order chi connectivity index (χ1) is 13.7. The van der Waals surface area contributed by atoms with Gasteiger partial charge in [0.05, 0.1) is 32.8 Å².